The summed E-state index contributed by atoms with van der Waals surface area (Å²) < 4.78 is 46.6. The molecule has 8 rings (SSSR count). The monoisotopic (exact) mass is 1080 g/mol. The third-order valence-corrected chi connectivity index (χ3v) is 13.8. The van der Waals surface area contributed by atoms with Crippen molar-refractivity contribution in [3.63, 3.8) is 0 Å². The number of carbonyl (C=O) groups is 4. The SMILES string of the molecule is Cc1ncsc1-c1ccc(CNC(=O)[C@@H]2C[C@@H](O)CN2C(=O)[C@@H](NC(=O)COCCOCCOCCNC(=O)c2ccc(Nc3ncc4c(n3)-c3ccc(Cl)cc3C(c3c(F)cccc3F)=NC4)cc2)C(C)(C)C)cc1. The van der Waals surface area contributed by atoms with Crippen LogP contribution >= 0.6 is 22.9 Å². The second kappa shape index (κ2) is 25.2. The van der Waals surface area contributed by atoms with Gasteiger partial charge < -0.3 is 45.5 Å². The van der Waals surface area contributed by atoms with E-state index in [1.807, 2.05) is 52.0 Å². The summed E-state index contributed by atoms with van der Waals surface area (Å²) in [4.78, 5) is 73.7. The van der Waals surface area contributed by atoms with E-state index in [1.165, 1.54) is 23.1 Å². The third-order valence-electron chi connectivity index (χ3n) is 12.6. The fraction of sp³-hybridized carbons (Fsp3) is 0.345. The molecule has 0 unspecified atom stereocenters. The number of halogens is 3. The lowest BCUT2D eigenvalue weighted by Gasteiger charge is -2.35. The van der Waals surface area contributed by atoms with Crippen LogP contribution in [0.5, 0.6) is 0 Å². The topological polar surface area (TPSA) is 219 Å². The van der Waals surface area contributed by atoms with Gasteiger partial charge in [0.05, 0.1) is 78.7 Å². The lowest BCUT2D eigenvalue weighted by atomic mass is 9.85. The number of nitrogens with zero attached hydrogens (tertiary/aromatic N) is 5. The molecule has 76 heavy (non-hydrogen) atoms. The summed E-state index contributed by atoms with van der Waals surface area (Å²) in [6.45, 7) is 8.57. The number of aryl methyl sites for hydroxylation is 1. The van der Waals surface area contributed by atoms with E-state index in [2.05, 4.69) is 36.2 Å². The van der Waals surface area contributed by atoms with Gasteiger partial charge in [-0.2, -0.15) is 0 Å². The highest BCUT2D eigenvalue weighted by atomic mass is 35.5. The molecule has 2 aliphatic heterocycles. The second-order valence-corrected chi connectivity index (χ2v) is 20.5. The van der Waals surface area contributed by atoms with Crippen LogP contribution in [0, 0.1) is 24.0 Å². The molecule has 3 atom stereocenters. The number of aliphatic hydroxyl groups excluding tert-OH is 1. The molecule has 0 saturated carbocycles. The number of hydrogen-bond donors (Lipinski definition) is 5. The summed E-state index contributed by atoms with van der Waals surface area (Å²) >= 11 is 7.91. The van der Waals surface area contributed by atoms with Gasteiger partial charge in [0.2, 0.25) is 23.7 Å². The third kappa shape index (κ3) is 13.9. The first-order valence-electron chi connectivity index (χ1n) is 24.6. The first-order chi connectivity index (χ1) is 36.5. The van der Waals surface area contributed by atoms with Gasteiger partial charge in [0, 0.05) is 65.2 Å². The van der Waals surface area contributed by atoms with E-state index in [1.54, 1.807) is 65.5 Å². The lowest BCUT2D eigenvalue weighted by molar-refractivity contribution is -0.144. The Kier molecular flexibility index (Phi) is 18.3. The Morgan fingerprint density at radius 1 is 0.882 bits per heavy atom. The number of amides is 4. The van der Waals surface area contributed by atoms with Gasteiger partial charge >= 0.3 is 0 Å². The number of aromatic nitrogens is 3. The minimum atomic E-state index is -0.999. The van der Waals surface area contributed by atoms with Gasteiger partial charge in [-0.05, 0) is 72.0 Å². The van der Waals surface area contributed by atoms with Gasteiger partial charge in [-0.1, -0.05) is 68.8 Å². The van der Waals surface area contributed by atoms with Crippen LogP contribution in [0.25, 0.3) is 21.7 Å². The van der Waals surface area contributed by atoms with Crippen LogP contribution in [0.4, 0.5) is 20.4 Å². The Morgan fingerprint density at radius 2 is 1.59 bits per heavy atom. The van der Waals surface area contributed by atoms with Crippen LogP contribution in [0.3, 0.4) is 0 Å². The predicted molar refractivity (Wildman–Crippen MR) is 284 cm³/mol. The molecular weight excluding hydrogens is 1020 g/mol. The Balaban J connectivity index is 0.708. The maximum Gasteiger partial charge on any atom is 0.251 e. The van der Waals surface area contributed by atoms with Gasteiger partial charge in [0.15, 0.2) is 0 Å². The molecule has 4 heterocycles. The summed E-state index contributed by atoms with van der Waals surface area (Å²) in [6, 6.07) is 21.3. The number of hydrogen-bond acceptors (Lipinski definition) is 14. The Hall–Kier alpha value is -7.07. The molecule has 2 aliphatic rings. The molecule has 2 aromatic heterocycles. The van der Waals surface area contributed by atoms with E-state index in [-0.39, 0.29) is 95.4 Å². The highest BCUT2D eigenvalue weighted by Gasteiger charge is 2.44. The second-order valence-electron chi connectivity index (χ2n) is 19.2. The molecule has 21 heteroatoms. The van der Waals surface area contributed by atoms with Crippen molar-refractivity contribution >= 4 is 63.9 Å². The van der Waals surface area contributed by atoms with E-state index in [0.717, 1.165) is 21.7 Å². The average molecular weight is 1080 g/mol. The quantitative estimate of drug-likeness (QED) is 0.0453. The summed E-state index contributed by atoms with van der Waals surface area (Å²) in [5.74, 6) is -2.93. The molecule has 1 fully saturated rings. The zero-order chi connectivity index (χ0) is 53.9. The lowest BCUT2D eigenvalue weighted by Crippen LogP contribution is -2.58. The Bertz CT molecular complexity index is 3060. The largest absolute Gasteiger partial charge is 0.391 e. The maximum absolute atomic E-state index is 15.0. The minimum Gasteiger partial charge on any atom is -0.391 e. The number of ether oxygens (including phenoxy) is 3. The number of anilines is 2. The molecule has 0 bridgehead atoms. The molecule has 4 amide bonds. The fourth-order valence-electron chi connectivity index (χ4n) is 8.68. The normalized spacial score (nSPS) is 15.5. The molecule has 0 spiro atoms. The first-order valence-corrected chi connectivity index (χ1v) is 25.9. The van der Waals surface area contributed by atoms with Crippen molar-refractivity contribution in [3.8, 4) is 21.7 Å². The zero-order valence-electron chi connectivity index (χ0n) is 42.3. The minimum absolute atomic E-state index is 0.0411. The van der Waals surface area contributed by atoms with Crippen molar-refractivity contribution in [2.24, 2.45) is 10.4 Å². The van der Waals surface area contributed by atoms with Gasteiger partial charge in [-0.15, -0.1) is 11.3 Å². The van der Waals surface area contributed by atoms with Gasteiger partial charge in [-0.3, -0.25) is 24.2 Å². The van der Waals surface area contributed by atoms with Crippen LogP contribution < -0.4 is 21.3 Å². The number of aliphatic hydroxyl groups is 1. The molecule has 5 N–H and O–H groups in total. The Morgan fingerprint density at radius 3 is 2.29 bits per heavy atom. The average Bonchev–Trinajstić information content (AvgIpc) is 3.99. The number of thiazole rings is 1. The van der Waals surface area contributed by atoms with Crippen LogP contribution in [-0.4, -0.2) is 125 Å². The molecule has 17 nitrogen and oxygen atoms in total. The number of β-amino-alcohol motifs (C(OH)–C–C–N with tert-alkyl or cyclic N) is 1. The Labute approximate surface area is 447 Å². The van der Waals surface area contributed by atoms with Crippen LogP contribution in [-0.2, 0) is 41.7 Å². The van der Waals surface area contributed by atoms with E-state index in [4.69, 9.17) is 30.8 Å². The standard InChI is InChI=1S/C55H58ClF2N9O8S/c1-32-49(76-31-63-32)34-10-8-33(9-11-34)26-61-52(71)44-25-39(68)29-67(44)53(72)50(55(2,3)4)65-45(69)30-75-23-22-74-21-20-73-19-18-59-51(70)35-12-15-38(16-13-35)64-54-62-28-36-27-60-48(46-42(57)6-5-7-43(46)58)41-24-37(56)14-17-40(41)47(36)66-54/h5-17,24,28,31,39,44,50,68H,18-23,25-27,29-30H2,1-4H3,(H,59,70)(H,61,71)(H,65,69)(H,62,64,66)/t39-,44+,50-/m1/s1. The molecular formula is C55H58ClF2N9O8S. The van der Waals surface area contributed by atoms with Crippen molar-refractivity contribution in [3.05, 3.63) is 147 Å². The summed E-state index contributed by atoms with van der Waals surface area (Å²) in [5, 5.41) is 22.6. The number of benzene rings is 4. The van der Waals surface area contributed by atoms with Gasteiger partial charge in [0.1, 0.15) is 30.3 Å². The van der Waals surface area contributed by atoms with Crippen molar-refractivity contribution in [2.75, 3.05) is 58.0 Å². The molecule has 6 aromatic rings. The van der Waals surface area contributed by atoms with E-state index < -0.39 is 53.0 Å². The number of fused-ring (bicyclic) bond motifs is 3. The molecule has 398 valence electrons. The van der Waals surface area contributed by atoms with Crippen LogP contribution in [0.2, 0.25) is 5.02 Å². The first kappa shape index (κ1) is 55.2. The molecule has 0 radical (unpaired) electrons. The predicted octanol–water partition coefficient (Wildman–Crippen LogP) is 7.19. The maximum atomic E-state index is 15.0. The smallest absolute Gasteiger partial charge is 0.251 e. The van der Waals surface area contributed by atoms with E-state index >= 15 is 0 Å². The van der Waals surface area contributed by atoms with Gasteiger partial charge in [-0.25, -0.2) is 23.7 Å². The number of carbonyl (C=O) groups excluding carboxylic acids is 4. The zero-order valence-corrected chi connectivity index (χ0v) is 43.9. The summed E-state index contributed by atoms with van der Waals surface area (Å²) in [5.41, 5.74) is 7.01. The molecule has 4 aromatic carbocycles. The van der Waals surface area contributed by atoms with Crippen molar-refractivity contribution in [1.29, 1.82) is 0 Å². The van der Waals surface area contributed by atoms with Crippen molar-refractivity contribution in [1.82, 2.24) is 35.8 Å². The summed E-state index contributed by atoms with van der Waals surface area (Å²) in [6.07, 6.45) is 0.785. The summed E-state index contributed by atoms with van der Waals surface area (Å²) in [7, 11) is 0. The number of rotatable bonds is 21. The van der Waals surface area contributed by atoms with Crippen LogP contribution in [0.15, 0.2) is 102 Å². The van der Waals surface area contributed by atoms with E-state index in [0.29, 0.717) is 38.7 Å². The fourth-order valence-corrected chi connectivity index (χ4v) is 9.67. The van der Waals surface area contributed by atoms with Gasteiger partial charge in [0.25, 0.3) is 5.91 Å². The van der Waals surface area contributed by atoms with Crippen LogP contribution in [0.1, 0.15) is 65.5 Å². The highest BCUT2D eigenvalue weighted by Crippen LogP contribution is 2.35. The van der Waals surface area contributed by atoms with Crippen molar-refractivity contribution in [2.45, 2.75) is 65.4 Å². The van der Waals surface area contributed by atoms with E-state index in [9.17, 15) is 33.1 Å². The van der Waals surface area contributed by atoms with Crippen molar-refractivity contribution < 1.29 is 47.3 Å². The molecule has 1 saturated heterocycles. The highest BCUT2D eigenvalue weighted by molar-refractivity contribution is 7.13. The number of likely N-dealkylation sites (tertiary alicyclic amines) is 1. The number of nitrogens with one attached hydrogen (secondary N) is 4. The number of aliphatic imine (C=N–C) groups is 1. The molecule has 0 aliphatic carbocycles.